The lowest BCUT2D eigenvalue weighted by atomic mass is 10.5. The van der Waals surface area contributed by atoms with Crippen LogP contribution in [0.15, 0.2) is 16.5 Å². The highest BCUT2D eigenvalue weighted by Gasteiger charge is 2.10. The van der Waals surface area contributed by atoms with Gasteiger partial charge in [-0.05, 0) is 0 Å². The van der Waals surface area contributed by atoms with Crippen LogP contribution in [-0.2, 0) is 0 Å². The molecular formula is C8H6N6OS. The largest absolute Gasteiger partial charge is 0.369 e. The van der Waals surface area contributed by atoms with Gasteiger partial charge in [0.2, 0.25) is 5.95 Å². The Morgan fingerprint density at radius 3 is 2.94 bits per heavy atom. The van der Waals surface area contributed by atoms with Crippen LogP contribution in [-0.4, -0.2) is 24.9 Å². The highest BCUT2D eigenvalue weighted by molar-refractivity contribution is 7.13. The summed E-state index contributed by atoms with van der Waals surface area (Å²) in [6, 6.07) is 0. The minimum absolute atomic E-state index is 0.0554. The molecule has 3 rings (SSSR count). The first-order chi connectivity index (χ1) is 7.74. The molecule has 0 fully saturated rings. The van der Waals surface area contributed by atoms with E-state index < -0.39 is 0 Å². The third-order valence-corrected chi connectivity index (χ3v) is 2.83. The van der Waals surface area contributed by atoms with Crippen LogP contribution < -0.4 is 11.3 Å². The summed E-state index contributed by atoms with van der Waals surface area (Å²) in [5.41, 5.74) is 7.41. The number of hydrogen-bond donors (Lipinski definition) is 3. The van der Waals surface area contributed by atoms with Crippen LogP contribution in [0.3, 0.4) is 0 Å². The maximum atomic E-state index is 11.5. The number of nitrogens with zero attached hydrogens (tertiary/aromatic N) is 3. The van der Waals surface area contributed by atoms with Crippen molar-refractivity contribution >= 4 is 28.4 Å². The first kappa shape index (κ1) is 9.04. The number of nitrogens with one attached hydrogen (secondary N) is 2. The van der Waals surface area contributed by atoms with Gasteiger partial charge >= 0.3 is 0 Å². The molecule has 0 aromatic carbocycles. The van der Waals surface area contributed by atoms with Crippen molar-refractivity contribution < 1.29 is 0 Å². The lowest BCUT2D eigenvalue weighted by Gasteiger charge is -1.89. The minimum Gasteiger partial charge on any atom is -0.369 e. The first-order valence-corrected chi connectivity index (χ1v) is 5.26. The van der Waals surface area contributed by atoms with Crippen molar-refractivity contribution in [1.29, 1.82) is 0 Å². The van der Waals surface area contributed by atoms with Crippen LogP contribution in [0.25, 0.3) is 21.9 Å². The van der Waals surface area contributed by atoms with Gasteiger partial charge in [-0.2, -0.15) is 4.98 Å². The standard InChI is InChI=1S/C8H6N6OS/c9-8-13-6-4(7(15)14-8)11-5(12-6)3-1-10-2-16-3/h1-2H,(H4,9,11,12,13,14,15). The molecule has 0 unspecified atom stereocenters. The summed E-state index contributed by atoms with van der Waals surface area (Å²) in [6.45, 7) is 0. The number of imidazole rings is 1. The Kier molecular flexibility index (Phi) is 1.77. The van der Waals surface area contributed by atoms with Gasteiger partial charge in [0.15, 0.2) is 17.0 Å². The van der Waals surface area contributed by atoms with Gasteiger partial charge in [0.25, 0.3) is 5.56 Å². The predicted octanol–water partition coefficient (Wildman–Crippen LogP) is 0.352. The summed E-state index contributed by atoms with van der Waals surface area (Å²) in [4.78, 5) is 29.7. The number of aromatic amines is 2. The molecule has 3 aromatic rings. The summed E-state index contributed by atoms with van der Waals surface area (Å²) < 4.78 is 0. The van der Waals surface area contributed by atoms with E-state index in [1.807, 2.05) is 0 Å². The average molecular weight is 234 g/mol. The smallest absolute Gasteiger partial charge is 0.278 e. The molecule has 0 atom stereocenters. The number of nitrogen functional groups attached to an aromatic ring is 1. The molecule has 0 aliphatic heterocycles. The van der Waals surface area contributed by atoms with Crippen LogP contribution in [0.1, 0.15) is 0 Å². The van der Waals surface area contributed by atoms with E-state index >= 15 is 0 Å². The zero-order valence-electron chi connectivity index (χ0n) is 7.89. The molecule has 16 heavy (non-hydrogen) atoms. The molecule has 0 radical (unpaired) electrons. The van der Waals surface area contributed by atoms with Gasteiger partial charge in [-0.15, -0.1) is 11.3 Å². The third kappa shape index (κ3) is 1.27. The van der Waals surface area contributed by atoms with E-state index in [-0.39, 0.29) is 11.5 Å². The summed E-state index contributed by atoms with van der Waals surface area (Å²) in [6.07, 6.45) is 1.67. The van der Waals surface area contributed by atoms with Crippen molar-refractivity contribution in [3.05, 3.63) is 22.1 Å². The second-order valence-electron chi connectivity index (χ2n) is 3.10. The molecule has 8 heteroatoms. The minimum atomic E-state index is -0.328. The van der Waals surface area contributed by atoms with Crippen molar-refractivity contribution in [2.24, 2.45) is 0 Å². The van der Waals surface area contributed by atoms with Crippen molar-refractivity contribution in [2.75, 3.05) is 5.73 Å². The molecule has 0 spiro atoms. The number of aromatic nitrogens is 5. The number of H-pyrrole nitrogens is 2. The molecule has 0 amide bonds. The molecule has 0 saturated heterocycles. The summed E-state index contributed by atoms with van der Waals surface area (Å²) in [7, 11) is 0. The average Bonchev–Trinajstić information content (AvgIpc) is 2.82. The zero-order valence-corrected chi connectivity index (χ0v) is 8.71. The van der Waals surface area contributed by atoms with Crippen LogP contribution in [0.5, 0.6) is 0 Å². The highest BCUT2D eigenvalue weighted by atomic mass is 32.1. The highest BCUT2D eigenvalue weighted by Crippen LogP contribution is 2.21. The van der Waals surface area contributed by atoms with Gasteiger partial charge < -0.3 is 10.7 Å². The Balaban J connectivity index is 2.31. The molecule has 4 N–H and O–H groups in total. The van der Waals surface area contributed by atoms with Gasteiger partial charge in [0.1, 0.15) is 0 Å². The number of nitrogens with two attached hydrogens (primary N) is 1. The molecule has 80 valence electrons. The molecule has 0 aliphatic rings. The second kappa shape index (κ2) is 3.14. The van der Waals surface area contributed by atoms with E-state index in [0.717, 1.165) is 4.88 Å². The van der Waals surface area contributed by atoms with E-state index in [2.05, 4.69) is 24.9 Å². The second-order valence-corrected chi connectivity index (χ2v) is 3.99. The van der Waals surface area contributed by atoms with E-state index in [1.165, 1.54) is 11.3 Å². The Morgan fingerprint density at radius 1 is 1.31 bits per heavy atom. The SMILES string of the molecule is Nc1nc2nc(-c3cncs3)[nH]c2c(=O)[nH]1. The molecule has 7 nitrogen and oxygen atoms in total. The Hall–Kier alpha value is -2.22. The maximum Gasteiger partial charge on any atom is 0.278 e. The molecular weight excluding hydrogens is 228 g/mol. The maximum absolute atomic E-state index is 11.5. The van der Waals surface area contributed by atoms with Crippen LogP contribution in [0.4, 0.5) is 5.95 Å². The molecule has 3 aromatic heterocycles. The fraction of sp³-hybridized carbons (Fsp3) is 0. The molecule has 3 heterocycles. The van der Waals surface area contributed by atoms with Crippen molar-refractivity contribution in [1.82, 2.24) is 24.9 Å². The number of anilines is 1. The van der Waals surface area contributed by atoms with Gasteiger partial charge in [-0.25, -0.2) is 4.98 Å². The number of thiazole rings is 1. The van der Waals surface area contributed by atoms with E-state index in [9.17, 15) is 4.79 Å². The zero-order chi connectivity index (χ0) is 11.1. The Morgan fingerprint density at radius 2 is 2.19 bits per heavy atom. The summed E-state index contributed by atoms with van der Waals surface area (Å²) >= 11 is 1.43. The molecule has 0 saturated carbocycles. The third-order valence-electron chi connectivity index (χ3n) is 2.05. The fourth-order valence-electron chi connectivity index (χ4n) is 1.37. The Bertz CT molecular complexity index is 697. The normalized spacial score (nSPS) is 11.0. The topological polar surface area (TPSA) is 113 Å². The molecule has 0 aliphatic carbocycles. The Labute approximate surface area is 92.4 Å². The monoisotopic (exact) mass is 234 g/mol. The number of rotatable bonds is 1. The van der Waals surface area contributed by atoms with Gasteiger partial charge in [-0.1, -0.05) is 0 Å². The van der Waals surface area contributed by atoms with E-state index in [1.54, 1.807) is 11.7 Å². The van der Waals surface area contributed by atoms with Crippen LogP contribution >= 0.6 is 11.3 Å². The van der Waals surface area contributed by atoms with E-state index in [0.29, 0.717) is 17.0 Å². The van der Waals surface area contributed by atoms with Gasteiger partial charge in [-0.3, -0.25) is 14.8 Å². The lowest BCUT2D eigenvalue weighted by Crippen LogP contribution is -2.10. The van der Waals surface area contributed by atoms with Crippen LogP contribution in [0.2, 0.25) is 0 Å². The summed E-state index contributed by atoms with van der Waals surface area (Å²) in [5, 5.41) is 0. The predicted molar refractivity (Wildman–Crippen MR) is 60.0 cm³/mol. The number of fused-ring (bicyclic) bond motifs is 1. The van der Waals surface area contributed by atoms with Crippen molar-refractivity contribution in [3.63, 3.8) is 0 Å². The lowest BCUT2D eigenvalue weighted by molar-refractivity contribution is 1.17. The van der Waals surface area contributed by atoms with Crippen LogP contribution in [0, 0.1) is 0 Å². The first-order valence-electron chi connectivity index (χ1n) is 4.38. The quantitative estimate of drug-likeness (QED) is 0.562. The van der Waals surface area contributed by atoms with Gasteiger partial charge in [0, 0.05) is 6.20 Å². The van der Waals surface area contributed by atoms with Gasteiger partial charge in [0.05, 0.1) is 10.4 Å². The van der Waals surface area contributed by atoms with E-state index in [4.69, 9.17) is 5.73 Å². The van der Waals surface area contributed by atoms with Crippen molar-refractivity contribution in [2.45, 2.75) is 0 Å². The molecule has 0 bridgehead atoms. The summed E-state index contributed by atoms with van der Waals surface area (Å²) in [5.74, 6) is 0.626. The fourth-order valence-corrected chi connectivity index (χ4v) is 1.94. The van der Waals surface area contributed by atoms with Crippen molar-refractivity contribution in [3.8, 4) is 10.7 Å². The number of hydrogen-bond acceptors (Lipinski definition) is 6.